The zero-order valence-corrected chi connectivity index (χ0v) is 13.5. The predicted molar refractivity (Wildman–Crippen MR) is 83.3 cm³/mol. The molecule has 0 bridgehead atoms. The maximum atomic E-state index is 10.7. The van der Waals surface area contributed by atoms with E-state index in [1.54, 1.807) is 0 Å². The van der Waals surface area contributed by atoms with E-state index in [0.717, 1.165) is 12.8 Å². The summed E-state index contributed by atoms with van der Waals surface area (Å²) in [5, 5.41) is 18.6. The van der Waals surface area contributed by atoms with Crippen molar-refractivity contribution in [3.8, 4) is 5.75 Å². The van der Waals surface area contributed by atoms with Gasteiger partial charge in [0.25, 0.3) is 0 Å². The molecule has 1 rings (SSSR count). The molecule has 0 aliphatic carbocycles. The summed E-state index contributed by atoms with van der Waals surface area (Å²) < 4.78 is 5.55. The zero-order chi connectivity index (χ0) is 15.8. The van der Waals surface area contributed by atoms with Crippen LogP contribution in [0.3, 0.4) is 0 Å². The summed E-state index contributed by atoms with van der Waals surface area (Å²) in [4.78, 5) is 10.7. The average Bonchev–Trinajstić information content (AvgIpc) is 2.43. The second-order valence-electron chi connectivity index (χ2n) is 4.82. The summed E-state index contributed by atoms with van der Waals surface area (Å²) in [5.74, 6) is -1.03. The molecular weight excluding hydrogens is 315 g/mol. The number of carboxylic acid groups (broad SMARTS) is 1. The SMILES string of the molecule is CCCCCCCOc1c(Cl)cc(C(O)C(=O)O)cc1Cl. The molecule has 4 nitrogen and oxygen atoms in total. The molecule has 118 valence electrons. The van der Waals surface area contributed by atoms with Crippen LogP contribution in [-0.2, 0) is 4.79 Å². The summed E-state index contributed by atoms with van der Waals surface area (Å²) in [5.41, 5.74) is 0.132. The molecule has 0 aliphatic rings. The Morgan fingerprint density at radius 3 is 2.29 bits per heavy atom. The number of hydrogen-bond acceptors (Lipinski definition) is 3. The minimum atomic E-state index is -1.65. The molecule has 0 radical (unpaired) electrons. The van der Waals surface area contributed by atoms with Gasteiger partial charge < -0.3 is 14.9 Å². The number of aliphatic hydroxyl groups excluding tert-OH is 1. The van der Waals surface area contributed by atoms with E-state index in [2.05, 4.69) is 6.92 Å². The van der Waals surface area contributed by atoms with Crippen LogP contribution in [0.15, 0.2) is 12.1 Å². The minimum absolute atomic E-state index is 0.132. The molecule has 2 N–H and O–H groups in total. The highest BCUT2D eigenvalue weighted by Gasteiger charge is 2.19. The Bertz CT molecular complexity index is 454. The zero-order valence-electron chi connectivity index (χ0n) is 11.9. The fraction of sp³-hybridized carbons (Fsp3) is 0.533. The highest BCUT2D eigenvalue weighted by molar-refractivity contribution is 6.37. The lowest BCUT2D eigenvalue weighted by molar-refractivity contribution is -0.146. The molecule has 21 heavy (non-hydrogen) atoms. The third-order valence-electron chi connectivity index (χ3n) is 3.06. The molecule has 0 aliphatic heterocycles. The van der Waals surface area contributed by atoms with E-state index in [4.69, 9.17) is 33.0 Å². The Morgan fingerprint density at radius 1 is 1.19 bits per heavy atom. The number of ether oxygens (including phenoxy) is 1. The highest BCUT2D eigenvalue weighted by atomic mass is 35.5. The van der Waals surface area contributed by atoms with Crippen molar-refractivity contribution in [1.82, 2.24) is 0 Å². The lowest BCUT2D eigenvalue weighted by Gasteiger charge is -2.13. The van der Waals surface area contributed by atoms with Crippen molar-refractivity contribution in [1.29, 1.82) is 0 Å². The minimum Gasteiger partial charge on any atom is -0.490 e. The van der Waals surface area contributed by atoms with Crippen LogP contribution in [0.1, 0.15) is 50.7 Å². The Labute approximate surface area is 134 Å². The molecule has 0 spiro atoms. The normalized spacial score (nSPS) is 12.2. The number of halogens is 2. The molecule has 1 aromatic rings. The van der Waals surface area contributed by atoms with Crippen LogP contribution >= 0.6 is 23.2 Å². The Kier molecular flexibility index (Phi) is 7.86. The van der Waals surface area contributed by atoms with Crippen LogP contribution in [-0.4, -0.2) is 22.8 Å². The van der Waals surface area contributed by atoms with Gasteiger partial charge in [0, 0.05) is 0 Å². The molecule has 0 saturated heterocycles. The fourth-order valence-corrected chi connectivity index (χ4v) is 2.51. The number of carboxylic acids is 1. The third-order valence-corrected chi connectivity index (χ3v) is 3.63. The Balaban J connectivity index is 2.61. The van der Waals surface area contributed by atoms with Gasteiger partial charge in [0.2, 0.25) is 0 Å². The van der Waals surface area contributed by atoms with Crippen molar-refractivity contribution in [2.45, 2.75) is 45.1 Å². The van der Waals surface area contributed by atoms with Gasteiger partial charge in [-0.3, -0.25) is 0 Å². The summed E-state index contributed by atoms with van der Waals surface area (Å²) in [6.45, 7) is 2.66. The van der Waals surface area contributed by atoms with Crippen molar-refractivity contribution < 1.29 is 19.7 Å². The first kappa shape index (κ1) is 18.1. The Hall–Kier alpha value is -0.970. The predicted octanol–water partition coefficient (Wildman–Crippen LogP) is 4.46. The van der Waals surface area contributed by atoms with Crippen LogP contribution in [0.25, 0.3) is 0 Å². The number of rotatable bonds is 9. The van der Waals surface area contributed by atoms with Crippen molar-refractivity contribution in [3.63, 3.8) is 0 Å². The van der Waals surface area contributed by atoms with E-state index in [-0.39, 0.29) is 15.6 Å². The van der Waals surface area contributed by atoms with Crippen LogP contribution in [0.2, 0.25) is 10.0 Å². The van der Waals surface area contributed by atoms with Crippen LogP contribution in [0.5, 0.6) is 5.75 Å². The van der Waals surface area contributed by atoms with Crippen molar-refractivity contribution >= 4 is 29.2 Å². The lowest BCUT2D eigenvalue weighted by Crippen LogP contribution is -2.10. The monoisotopic (exact) mass is 334 g/mol. The van der Waals surface area contributed by atoms with Crippen molar-refractivity contribution in [3.05, 3.63) is 27.7 Å². The van der Waals surface area contributed by atoms with Gasteiger partial charge in [-0.25, -0.2) is 4.79 Å². The molecular formula is C15H20Cl2O4. The summed E-state index contributed by atoms with van der Waals surface area (Å²) in [6, 6.07) is 2.72. The molecule has 1 aromatic carbocycles. The van der Waals surface area contributed by atoms with Gasteiger partial charge in [0.15, 0.2) is 11.9 Å². The van der Waals surface area contributed by atoms with E-state index in [1.165, 1.54) is 31.4 Å². The molecule has 1 atom stereocenters. The Morgan fingerprint density at radius 2 is 1.76 bits per heavy atom. The lowest BCUT2D eigenvalue weighted by atomic mass is 10.1. The van der Waals surface area contributed by atoms with Crippen molar-refractivity contribution in [2.75, 3.05) is 6.61 Å². The van der Waals surface area contributed by atoms with Gasteiger partial charge in [0.1, 0.15) is 0 Å². The molecule has 0 fully saturated rings. The quantitative estimate of drug-likeness (QED) is 0.654. The molecule has 1 unspecified atom stereocenters. The summed E-state index contributed by atoms with van der Waals surface area (Å²) in [7, 11) is 0. The van der Waals surface area contributed by atoms with Gasteiger partial charge >= 0.3 is 5.97 Å². The number of benzene rings is 1. The topological polar surface area (TPSA) is 66.8 Å². The molecule has 6 heteroatoms. The summed E-state index contributed by atoms with van der Waals surface area (Å²) in [6.07, 6.45) is 3.91. The first-order valence-electron chi connectivity index (χ1n) is 7.00. The number of aliphatic carboxylic acids is 1. The second-order valence-corrected chi connectivity index (χ2v) is 5.63. The van der Waals surface area contributed by atoms with Crippen LogP contribution in [0.4, 0.5) is 0 Å². The van der Waals surface area contributed by atoms with Gasteiger partial charge in [-0.15, -0.1) is 0 Å². The maximum Gasteiger partial charge on any atom is 0.337 e. The van der Waals surface area contributed by atoms with Gasteiger partial charge in [-0.1, -0.05) is 55.8 Å². The molecule has 0 saturated carbocycles. The number of hydrogen-bond donors (Lipinski definition) is 2. The van der Waals surface area contributed by atoms with E-state index in [9.17, 15) is 9.90 Å². The van der Waals surface area contributed by atoms with E-state index in [0.29, 0.717) is 12.4 Å². The van der Waals surface area contributed by atoms with Gasteiger partial charge in [-0.2, -0.15) is 0 Å². The third kappa shape index (κ3) is 5.73. The number of unbranched alkanes of at least 4 members (excludes halogenated alkanes) is 4. The molecule has 0 heterocycles. The standard InChI is InChI=1S/C15H20Cl2O4/c1-2-3-4-5-6-7-21-14-11(16)8-10(9-12(14)17)13(18)15(19)20/h8-9,13,18H,2-7H2,1H3,(H,19,20). The van der Waals surface area contributed by atoms with E-state index in [1.807, 2.05) is 0 Å². The van der Waals surface area contributed by atoms with Gasteiger partial charge in [0.05, 0.1) is 16.7 Å². The first-order valence-corrected chi connectivity index (χ1v) is 7.75. The maximum absolute atomic E-state index is 10.7. The first-order chi connectivity index (χ1) is 9.97. The smallest absolute Gasteiger partial charge is 0.337 e. The molecule has 0 aromatic heterocycles. The van der Waals surface area contributed by atoms with Crippen molar-refractivity contribution in [2.24, 2.45) is 0 Å². The van der Waals surface area contributed by atoms with E-state index < -0.39 is 12.1 Å². The average molecular weight is 335 g/mol. The fourth-order valence-electron chi connectivity index (χ4n) is 1.90. The number of carbonyl (C=O) groups is 1. The number of aliphatic hydroxyl groups is 1. The van der Waals surface area contributed by atoms with E-state index >= 15 is 0 Å². The summed E-state index contributed by atoms with van der Waals surface area (Å²) >= 11 is 12.1. The largest absolute Gasteiger partial charge is 0.490 e. The molecule has 0 amide bonds. The van der Waals surface area contributed by atoms with Crippen LogP contribution in [0, 0.1) is 0 Å². The highest BCUT2D eigenvalue weighted by Crippen LogP contribution is 2.36. The van der Waals surface area contributed by atoms with Crippen LogP contribution < -0.4 is 4.74 Å². The van der Waals surface area contributed by atoms with Gasteiger partial charge in [-0.05, 0) is 24.1 Å². The second kappa shape index (κ2) is 9.13.